The first-order valence-corrected chi connectivity index (χ1v) is 3.99. The highest BCUT2D eigenvalue weighted by Gasteiger charge is 2.01. The zero-order valence-corrected chi connectivity index (χ0v) is 7.19. The largest absolute Gasteiger partial charge is 0.296 e. The van der Waals surface area contributed by atoms with Crippen LogP contribution in [0.25, 0.3) is 11.0 Å². The van der Waals surface area contributed by atoms with E-state index in [2.05, 4.69) is 9.97 Å². The highest BCUT2D eigenvalue weighted by Crippen LogP contribution is 2.11. The fourth-order valence-corrected chi connectivity index (χ4v) is 1.23. The lowest BCUT2D eigenvalue weighted by atomic mass is 10.2. The van der Waals surface area contributed by atoms with Crippen LogP contribution in [0.1, 0.15) is 16.1 Å². The molecular formula is C10H8N2O. The van der Waals surface area contributed by atoms with Crippen molar-refractivity contribution in [3.63, 3.8) is 0 Å². The Morgan fingerprint density at radius 3 is 3.00 bits per heavy atom. The number of hydrogen-bond acceptors (Lipinski definition) is 3. The quantitative estimate of drug-likeness (QED) is 0.615. The summed E-state index contributed by atoms with van der Waals surface area (Å²) >= 11 is 0. The van der Waals surface area contributed by atoms with Crippen LogP contribution in [-0.2, 0) is 0 Å². The molecule has 0 N–H and O–H groups in total. The minimum absolute atomic E-state index is 0.487. The molecule has 3 heteroatoms. The summed E-state index contributed by atoms with van der Waals surface area (Å²) in [6.45, 7) is 1.85. The van der Waals surface area contributed by atoms with Gasteiger partial charge in [-0.1, -0.05) is 0 Å². The fraction of sp³-hybridized carbons (Fsp3) is 0.100. The summed E-state index contributed by atoms with van der Waals surface area (Å²) in [5.74, 6) is 0. The zero-order valence-electron chi connectivity index (χ0n) is 7.19. The summed E-state index contributed by atoms with van der Waals surface area (Å²) in [4.78, 5) is 18.9. The molecular weight excluding hydrogens is 164 g/mol. The Morgan fingerprint density at radius 1 is 1.38 bits per heavy atom. The van der Waals surface area contributed by atoms with E-state index in [0.29, 0.717) is 5.69 Å². The molecule has 0 saturated carbocycles. The van der Waals surface area contributed by atoms with Crippen LogP contribution >= 0.6 is 0 Å². The van der Waals surface area contributed by atoms with E-state index in [4.69, 9.17) is 0 Å². The Morgan fingerprint density at radius 2 is 2.23 bits per heavy atom. The standard InChI is InChI=1S/C10H8N2O/c1-7-5-9-8(3-2-4-11-9)12-10(7)6-13/h2-6H,1H3. The van der Waals surface area contributed by atoms with Crippen molar-refractivity contribution in [2.45, 2.75) is 6.92 Å². The summed E-state index contributed by atoms with van der Waals surface area (Å²) in [7, 11) is 0. The first-order valence-electron chi connectivity index (χ1n) is 3.99. The Balaban J connectivity index is 2.81. The molecule has 0 aliphatic heterocycles. The van der Waals surface area contributed by atoms with E-state index < -0.39 is 0 Å². The summed E-state index contributed by atoms with van der Waals surface area (Å²) in [6, 6.07) is 5.51. The van der Waals surface area contributed by atoms with Gasteiger partial charge in [-0.3, -0.25) is 9.78 Å². The normalized spacial score (nSPS) is 10.2. The third-order valence-electron chi connectivity index (χ3n) is 1.93. The van der Waals surface area contributed by atoms with E-state index in [9.17, 15) is 4.79 Å². The van der Waals surface area contributed by atoms with E-state index in [0.717, 1.165) is 22.9 Å². The van der Waals surface area contributed by atoms with Crippen molar-refractivity contribution in [2.24, 2.45) is 0 Å². The predicted molar refractivity (Wildman–Crippen MR) is 49.7 cm³/mol. The zero-order chi connectivity index (χ0) is 9.26. The minimum Gasteiger partial charge on any atom is -0.296 e. The second kappa shape index (κ2) is 2.94. The van der Waals surface area contributed by atoms with Gasteiger partial charge in [-0.15, -0.1) is 0 Å². The second-order valence-corrected chi connectivity index (χ2v) is 2.85. The highest BCUT2D eigenvalue weighted by atomic mass is 16.1. The number of fused-ring (bicyclic) bond motifs is 1. The molecule has 0 atom stereocenters. The van der Waals surface area contributed by atoms with Crippen LogP contribution in [0.15, 0.2) is 24.4 Å². The van der Waals surface area contributed by atoms with Crippen LogP contribution in [0.3, 0.4) is 0 Å². The third-order valence-corrected chi connectivity index (χ3v) is 1.93. The number of aromatic nitrogens is 2. The Hall–Kier alpha value is -1.77. The van der Waals surface area contributed by atoms with Crippen LogP contribution in [0, 0.1) is 6.92 Å². The smallest absolute Gasteiger partial charge is 0.168 e. The molecule has 2 heterocycles. The Bertz CT molecular complexity index is 465. The lowest BCUT2D eigenvalue weighted by Crippen LogP contribution is -1.93. The van der Waals surface area contributed by atoms with E-state index in [1.165, 1.54) is 0 Å². The maximum Gasteiger partial charge on any atom is 0.168 e. The van der Waals surface area contributed by atoms with Gasteiger partial charge in [-0.2, -0.15) is 0 Å². The van der Waals surface area contributed by atoms with Crippen LogP contribution in [0.2, 0.25) is 0 Å². The summed E-state index contributed by atoms with van der Waals surface area (Å²) in [5, 5.41) is 0. The highest BCUT2D eigenvalue weighted by molar-refractivity contribution is 5.82. The van der Waals surface area contributed by atoms with Gasteiger partial charge in [-0.25, -0.2) is 4.98 Å². The van der Waals surface area contributed by atoms with Crippen molar-refractivity contribution in [2.75, 3.05) is 0 Å². The van der Waals surface area contributed by atoms with Gasteiger partial charge >= 0.3 is 0 Å². The number of rotatable bonds is 1. The van der Waals surface area contributed by atoms with E-state index >= 15 is 0 Å². The number of pyridine rings is 2. The molecule has 0 aliphatic rings. The molecule has 0 amide bonds. The molecule has 0 unspecified atom stereocenters. The molecule has 0 saturated heterocycles. The summed E-state index contributed by atoms with van der Waals surface area (Å²) in [6.07, 6.45) is 2.48. The van der Waals surface area contributed by atoms with Crippen molar-refractivity contribution < 1.29 is 4.79 Å². The van der Waals surface area contributed by atoms with Crippen molar-refractivity contribution in [3.05, 3.63) is 35.7 Å². The van der Waals surface area contributed by atoms with Crippen LogP contribution in [0.5, 0.6) is 0 Å². The topological polar surface area (TPSA) is 42.9 Å². The van der Waals surface area contributed by atoms with Gasteiger partial charge in [0, 0.05) is 6.20 Å². The van der Waals surface area contributed by atoms with Crippen LogP contribution in [0.4, 0.5) is 0 Å². The van der Waals surface area contributed by atoms with E-state index in [1.807, 2.05) is 19.1 Å². The maximum absolute atomic E-state index is 10.6. The van der Waals surface area contributed by atoms with Crippen molar-refractivity contribution in [1.29, 1.82) is 0 Å². The molecule has 0 aromatic carbocycles. The van der Waals surface area contributed by atoms with E-state index in [1.54, 1.807) is 12.3 Å². The molecule has 64 valence electrons. The lowest BCUT2D eigenvalue weighted by Gasteiger charge is -1.99. The molecule has 2 rings (SSSR count). The Labute approximate surface area is 75.4 Å². The van der Waals surface area contributed by atoms with E-state index in [-0.39, 0.29) is 0 Å². The number of hydrogen-bond donors (Lipinski definition) is 0. The molecule has 3 nitrogen and oxygen atoms in total. The summed E-state index contributed by atoms with van der Waals surface area (Å²) < 4.78 is 0. The average molecular weight is 172 g/mol. The van der Waals surface area contributed by atoms with Gasteiger partial charge in [-0.05, 0) is 30.7 Å². The van der Waals surface area contributed by atoms with Gasteiger partial charge in [0.25, 0.3) is 0 Å². The monoisotopic (exact) mass is 172 g/mol. The molecule has 0 bridgehead atoms. The molecule has 0 spiro atoms. The average Bonchev–Trinajstić information content (AvgIpc) is 2.17. The number of nitrogens with zero attached hydrogens (tertiary/aromatic N) is 2. The molecule has 0 aliphatic carbocycles. The van der Waals surface area contributed by atoms with Crippen molar-refractivity contribution in [1.82, 2.24) is 9.97 Å². The van der Waals surface area contributed by atoms with Crippen LogP contribution < -0.4 is 0 Å². The molecule has 2 aromatic heterocycles. The minimum atomic E-state index is 0.487. The number of carbonyl (C=O) groups is 1. The summed E-state index contributed by atoms with van der Waals surface area (Å²) in [5.41, 5.74) is 2.93. The third kappa shape index (κ3) is 1.28. The van der Waals surface area contributed by atoms with Gasteiger partial charge in [0.2, 0.25) is 0 Å². The lowest BCUT2D eigenvalue weighted by molar-refractivity contribution is 0.111. The molecule has 13 heavy (non-hydrogen) atoms. The number of aryl methyl sites for hydroxylation is 1. The van der Waals surface area contributed by atoms with Gasteiger partial charge in [0.15, 0.2) is 6.29 Å². The number of aldehydes is 1. The molecule has 2 aromatic rings. The predicted octanol–water partition coefficient (Wildman–Crippen LogP) is 1.75. The maximum atomic E-state index is 10.6. The molecule has 0 fully saturated rings. The fourth-order valence-electron chi connectivity index (χ4n) is 1.23. The molecule has 0 radical (unpaired) electrons. The van der Waals surface area contributed by atoms with Gasteiger partial charge < -0.3 is 0 Å². The van der Waals surface area contributed by atoms with Crippen molar-refractivity contribution >= 4 is 17.3 Å². The van der Waals surface area contributed by atoms with Crippen LogP contribution in [-0.4, -0.2) is 16.3 Å². The first-order chi connectivity index (χ1) is 6.31. The Kier molecular flexibility index (Phi) is 1.77. The second-order valence-electron chi connectivity index (χ2n) is 2.85. The van der Waals surface area contributed by atoms with Gasteiger partial charge in [0.05, 0.1) is 11.0 Å². The van der Waals surface area contributed by atoms with Gasteiger partial charge in [0.1, 0.15) is 5.69 Å². The van der Waals surface area contributed by atoms with Crippen molar-refractivity contribution in [3.8, 4) is 0 Å². The number of carbonyl (C=O) groups excluding carboxylic acids is 1. The first kappa shape index (κ1) is 7.86. The SMILES string of the molecule is Cc1cc2ncccc2nc1C=O.